The van der Waals surface area contributed by atoms with E-state index in [0.717, 1.165) is 35.7 Å². The zero-order chi connectivity index (χ0) is 10.8. The Balaban J connectivity index is 0.00000128. The lowest BCUT2D eigenvalue weighted by atomic mass is 10.2. The maximum Gasteiger partial charge on any atom is 0.340 e. The van der Waals surface area contributed by atoms with Gasteiger partial charge >= 0.3 is 5.63 Å². The molecule has 0 saturated carbocycles. The van der Waals surface area contributed by atoms with Gasteiger partial charge in [0.05, 0.1) is 10.5 Å². The third-order valence-electron chi connectivity index (χ3n) is 2.40. The van der Waals surface area contributed by atoms with E-state index in [1.54, 1.807) is 23.5 Å². The molecule has 0 amide bonds. The lowest BCUT2D eigenvalue weighted by molar-refractivity contribution is 0.436. The Morgan fingerprint density at radius 3 is 2.81 bits per heavy atom. The first-order valence-corrected chi connectivity index (χ1v) is 7.19. The number of rotatable bonds is 3. The van der Waals surface area contributed by atoms with Crippen molar-refractivity contribution in [2.24, 2.45) is 0 Å². The number of thioether (sulfide) groups is 2. The van der Waals surface area contributed by atoms with Gasteiger partial charge in [-0.25, -0.2) is 4.79 Å². The smallest absolute Gasteiger partial charge is 0.340 e. The van der Waals surface area contributed by atoms with Crippen LogP contribution in [-0.4, -0.2) is 11.5 Å². The second-order valence-corrected chi connectivity index (χ2v) is 5.71. The quantitative estimate of drug-likeness (QED) is 0.601. The van der Waals surface area contributed by atoms with Gasteiger partial charge in [-0.05, 0) is 12.2 Å². The van der Waals surface area contributed by atoms with Crippen LogP contribution in [0.25, 0.3) is 0 Å². The Morgan fingerprint density at radius 2 is 2.19 bits per heavy atom. The first-order valence-electron chi connectivity index (χ1n) is 5.22. The van der Waals surface area contributed by atoms with Crippen LogP contribution >= 0.6 is 47.5 Å². The molecule has 0 aliphatic carbocycles. The minimum atomic E-state index is -0.118. The van der Waals surface area contributed by atoms with E-state index in [4.69, 9.17) is 4.42 Å². The summed E-state index contributed by atoms with van der Waals surface area (Å²) >= 11 is 3.58. The molecule has 1 aliphatic rings. The molecule has 1 aromatic heterocycles. The summed E-state index contributed by atoms with van der Waals surface area (Å²) in [5.74, 6) is 2.90. The zero-order valence-electron chi connectivity index (χ0n) is 9.37. The number of fused-ring (bicyclic) bond motifs is 1. The van der Waals surface area contributed by atoms with Crippen LogP contribution in [-0.2, 0) is 12.8 Å². The summed E-state index contributed by atoms with van der Waals surface area (Å²) in [6, 6.07) is 0. The molecule has 0 unspecified atom stereocenters. The lowest BCUT2D eigenvalue weighted by Gasteiger charge is -2.09. The van der Waals surface area contributed by atoms with E-state index in [2.05, 4.69) is 6.92 Å². The molecule has 0 bridgehead atoms. The molecule has 90 valence electrons. The number of aryl methyl sites for hydroxylation is 1. The Morgan fingerprint density at radius 1 is 1.44 bits per heavy atom. The zero-order valence-corrected chi connectivity index (χ0v) is 13.3. The maximum atomic E-state index is 11.7. The van der Waals surface area contributed by atoms with Gasteiger partial charge in [0, 0.05) is 17.1 Å². The summed E-state index contributed by atoms with van der Waals surface area (Å²) < 4.78 is 5.36. The SMILES string of the molecule is CCSc1c(CC)oc(=O)c2c1SCC2.I. The Bertz CT molecular complexity index is 429. The predicted octanol–water partition coefficient (Wildman–Crippen LogP) is 3.58. The summed E-state index contributed by atoms with van der Waals surface area (Å²) in [6.07, 6.45) is 1.66. The second-order valence-electron chi connectivity index (χ2n) is 3.33. The third kappa shape index (κ3) is 2.61. The average molecular weight is 370 g/mol. The van der Waals surface area contributed by atoms with Crippen LogP contribution in [0.3, 0.4) is 0 Å². The third-order valence-corrected chi connectivity index (χ3v) is 4.69. The molecule has 2 rings (SSSR count). The molecule has 0 N–H and O–H groups in total. The van der Waals surface area contributed by atoms with Gasteiger partial charge in [0.1, 0.15) is 5.76 Å². The van der Waals surface area contributed by atoms with Crippen LogP contribution in [0.2, 0.25) is 0 Å². The highest BCUT2D eigenvalue weighted by Crippen LogP contribution is 2.39. The standard InChI is InChI=1S/C11H14O2S2.HI/c1-3-8-10(14-4-2)9-7(5-6-15-9)11(12)13-8;/h3-6H2,1-2H3;1H. The van der Waals surface area contributed by atoms with Gasteiger partial charge in [-0.2, -0.15) is 0 Å². The van der Waals surface area contributed by atoms with Gasteiger partial charge in [-0.3, -0.25) is 0 Å². The van der Waals surface area contributed by atoms with Crippen molar-refractivity contribution in [1.29, 1.82) is 0 Å². The molecule has 1 aromatic rings. The molecule has 1 aliphatic heterocycles. The first-order chi connectivity index (χ1) is 7.27. The van der Waals surface area contributed by atoms with Gasteiger partial charge in [0.2, 0.25) is 0 Å². The summed E-state index contributed by atoms with van der Waals surface area (Å²) in [7, 11) is 0. The second kappa shape index (κ2) is 6.35. The van der Waals surface area contributed by atoms with E-state index < -0.39 is 0 Å². The van der Waals surface area contributed by atoms with Crippen LogP contribution in [0.5, 0.6) is 0 Å². The Kier molecular flexibility index (Phi) is 5.73. The highest BCUT2D eigenvalue weighted by Gasteiger charge is 2.23. The fourth-order valence-corrected chi connectivity index (χ4v) is 4.08. The van der Waals surface area contributed by atoms with Crippen molar-refractivity contribution in [1.82, 2.24) is 0 Å². The monoisotopic (exact) mass is 370 g/mol. The van der Waals surface area contributed by atoms with Crippen molar-refractivity contribution in [2.75, 3.05) is 11.5 Å². The summed E-state index contributed by atoms with van der Waals surface area (Å²) in [6.45, 7) is 4.16. The van der Waals surface area contributed by atoms with Crippen molar-refractivity contribution in [3.63, 3.8) is 0 Å². The summed E-state index contributed by atoms with van der Waals surface area (Å²) in [4.78, 5) is 14.1. The molecule has 0 radical (unpaired) electrons. The fourth-order valence-electron chi connectivity index (χ4n) is 1.72. The highest BCUT2D eigenvalue weighted by molar-refractivity contribution is 14.0. The van der Waals surface area contributed by atoms with Crippen LogP contribution in [0.4, 0.5) is 0 Å². The highest BCUT2D eigenvalue weighted by atomic mass is 127. The molecule has 2 nitrogen and oxygen atoms in total. The van der Waals surface area contributed by atoms with E-state index in [-0.39, 0.29) is 29.6 Å². The van der Waals surface area contributed by atoms with Crippen LogP contribution < -0.4 is 5.63 Å². The molecular formula is C11H15IO2S2. The lowest BCUT2D eigenvalue weighted by Crippen LogP contribution is -2.09. The normalized spacial score (nSPS) is 13.4. The van der Waals surface area contributed by atoms with Crippen molar-refractivity contribution in [3.05, 3.63) is 21.7 Å². The topological polar surface area (TPSA) is 30.2 Å². The number of hydrogen-bond acceptors (Lipinski definition) is 4. The Labute approximate surface area is 121 Å². The fraction of sp³-hybridized carbons (Fsp3) is 0.545. The molecule has 0 saturated heterocycles. The molecular weight excluding hydrogens is 355 g/mol. The molecule has 5 heteroatoms. The van der Waals surface area contributed by atoms with Crippen molar-refractivity contribution < 1.29 is 4.42 Å². The van der Waals surface area contributed by atoms with Gasteiger partial charge in [0.15, 0.2) is 0 Å². The van der Waals surface area contributed by atoms with Crippen molar-refractivity contribution >= 4 is 47.5 Å². The first kappa shape index (κ1) is 14.4. The van der Waals surface area contributed by atoms with E-state index in [9.17, 15) is 4.79 Å². The largest absolute Gasteiger partial charge is 0.426 e. The molecule has 2 heterocycles. The van der Waals surface area contributed by atoms with Crippen molar-refractivity contribution in [2.45, 2.75) is 36.5 Å². The van der Waals surface area contributed by atoms with Gasteiger partial charge in [-0.15, -0.1) is 47.5 Å². The summed E-state index contributed by atoms with van der Waals surface area (Å²) in [5, 5.41) is 0. The predicted molar refractivity (Wildman–Crippen MR) is 80.6 cm³/mol. The number of halogens is 1. The van der Waals surface area contributed by atoms with Crippen LogP contribution in [0.1, 0.15) is 25.2 Å². The van der Waals surface area contributed by atoms with Gasteiger partial charge < -0.3 is 4.42 Å². The summed E-state index contributed by atoms with van der Waals surface area (Å²) in [5.41, 5.74) is 0.778. The van der Waals surface area contributed by atoms with Crippen LogP contribution in [0.15, 0.2) is 19.0 Å². The van der Waals surface area contributed by atoms with Gasteiger partial charge in [0.25, 0.3) is 0 Å². The van der Waals surface area contributed by atoms with E-state index in [0.29, 0.717) is 0 Å². The van der Waals surface area contributed by atoms with Crippen LogP contribution in [0, 0.1) is 0 Å². The maximum absolute atomic E-state index is 11.7. The minimum Gasteiger partial charge on any atom is -0.426 e. The van der Waals surface area contributed by atoms with E-state index in [1.165, 1.54) is 9.79 Å². The number of hydrogen-bond donors (Lipinski definition) is 0. The van der Waals surface area contributed by atoms with Gasteiger partial charge in [-0.1, -0.05) is 13.8 Å². The molecule has 0 aromatic carbocycles. The molecule has 0 atom stereocenters. The van der Waals surface area contributed by atoms with Crippen molar-refractivity contribution in [3.8, 4) is 0 Å². The molecule has 0 fully saturated rings. The van der Waals surface area contributed by atoms with E-state index in [1.807, 2.05) is 6.92 Å². The van der Waals surface area contributed by atoms with E-state index >= 15 is 0 Å². The molecule has 0 spiro atoms. The Hall–Kier alpha value is 0.380. The minimum absolute atomic E-state index is 0. The molecule has 16 heavy (non-hydrogen) atoms. The average Bonchev–Trinajstić information content (AvgIpc) is 2.71.